The van der Waals surface area contributed by atoms with Gasteiger partial charge in [-0.25, -0.2) is 9.97 Å². The molecule has 4 N–H and O–H groups in total. The average molecular weight is 260 g/mol. The molecule has 0 atom stereocenters. The van der Waals surface area contributed by atoms with Crippen molar-refractivity contribution < 1.29 is 4.74 Å². The molecule has 0 saturated carbocycles. The van der Waals surface area contributed by atoms with Crippen LogP contribution in [0.3, 0.4) is 0 Å². The van der Waals surface area contributed by atoms with Gasteiger partial charge in [-0.05, 0) is 12.2 Å². The lowest BCUT2D eigenvalue weighted by molar-refractivity contribution is 0.414. The summed E-state index contributed by atoms with van der Waals surface area (Å²) in [6, 6.07) is 9.46. The van der Waals surface area contributed by atoms with Gasteiger partial charge in [-0.2, -0.15) is 0 Å². The Bertz CT molecular complexity index is 586. The van der Waals surface area contributed by atoms with E-state index in [0.717, 1.165) is 5.56 Å². The first-order chi connectivity index (χ1) is 8.63. The quantitative estimate of drug-likeness (QED) is 0.798. The Hall–Kier alpha value is -2.21. The van der Waals surface area contributed by atoms with Crippen LogP contribution in [-0.4, -0.2) is 22.1 Å². The number of thiocarbonyl (C=S) groups is 1. The molecule has 0 aliphatic carbocycles. The second kappa shape index (κ2) is 4.97. The van der Waals surface area contributed by atoms with Gasteiger partial charge in [0.1, 0.15) is 5.69 Å². The van der Waals surface area contributed by atoms with Crippen molar-refractivity contribution in [1.29, 1.82) is 0 Å². The highest BCUT2D eigenvalue weighted by Crippen LogP contribution is 2.24. The number of aromatic nitrogens is 2. The van der Waals surface area contributed by atoms with Gasteiger partial charge in [0.2, 0.25) is 5.05 Å². The maximum atomic E-state index is 5.83. The molecule has 2 rings (SSSR count). The molecule has 0 radical (unpaired) electrons. The van der Waals surface area contributed by atoms with Crippen molar-refractivity contribution in [3.8, 4) is 11.3 Å². The average Bonchev–Trinajstić information content (AvgIpc) is 2.39. The van der Waals surface area contributed by atoms with Crippen LogP contribution in [0.4, 0.5) is 11.6 Å². The van der Waals surface area contributed by atoms with E-state index in [1.807, 2.05) is 30.3 Å². The zero-order valence-corrected chi connectivity index (χ0v) is 10.6. The second-order valence-corrected chi connectivity index (χ2v) is 3.92. The zero-order valence-electron chi connectivity index (χ0n) is 9.75. The maximum absolute atomic E-state index is 5.83. The first-order valence-electron chi connectivity index (χ1n) is 5.20. The molecule has 0 fully saturated rings. The lowest BCUT2D eigenvalue weighted by Crippen LogP contribution is -2.12. The Kier molecular flexibility index (Phi) is 3.38. The number of hydrogen-bond acceptors (Lipinski definition) is 6. The zero-order chi connectivity index (χ0) is 13.1. The Morgan fingerprint density at radius 1 is 1.11 bits per heavy atom. The van der Waals surface area contributed by atoms with Gasteiger partial charge in [0.25, 0.3) is 0 Å². The van der Waals surface area contributed by atoms with E-state index in [1.165, 1.54) is 7.11 Å². The molecule has 0 unspecified atom stereocenters. The van der Waals surface area contributed by atoms with Crippen molar-refractivity contribution in [2.45, 2.75) is 0 Å². The fraction of sp³-hybridized carbons (Fsp3) is 0.0833. The molecule has 18 heavy (non-hydrogen) atoms. The van der Waals surface area contributed by atoms with Crippen LogP contribution in [0.1, 0.15) is 5.69 Å². The van der Waals surface area contributed by atoms with Gasteiger partial charge < -0.3 is 16.2 Å². The van der Waals surface area contributed by atoms with Crippen molar-refractivity contribution in [2.24, 2.45) is 0 Å². The molecular weight excluding hydrogens is 248 g/mol. The van der Waals surface area contributed by atoms with Crippen LogP contribution in [0.2, 0.25) is 0 Å². The van der Waals surface area contributed by atoms with E-state index >= 15 is 0 Å². The lowest BCUT2D eigenvalue weighted by atomic mass is 10.1. The fourth-order valence-corrected chi connectivity index (χ4v) is 1.67. The minimum Gasteiger partial charge on any atom is -0.485 e. The molecule has 0 saturated heterocycles. The molecule has 0 aliphatic rings. The molecule has 0 bridgehead atoms. The second-order valence-electron chi connectivity index (χ2n) is 3.55. The van der Waals surface area contributed by atoms with Gasteiger partial charge in [-0.15, -0.1) is 0 Å². The molecule has 1 aromatic heterocycles. The van der Waals surface area contributed by atoms with E-state index in [4.69, 9.17) is 28.4 Å². The first-order valence-corrected chi connectivity index (χ1v) is 5.61. The van der Waals surface area contributed by atoms with E-state index < -0.39 is 0 Å². The number of rotatable bonds is 2. The molecule has 1 heterocycles. The van der Waals surface area contributed by atoms with Crippen LogP contribution in [0.15, 0.2) is 30.3 Å². The third kappa shape index (κ3) is 2.23. The fourth-order valence-electron chi connectivity index (χ4n) is 1.52. The van der Waals surface area contributed by atoms with E-state index in [-0.39, 0.29) is 16.7 Å². The van der Waals surface area contributed by atoms with Crippen molar-refractivity contribution in [3.63, 3.8) is 0 Å². The van der Waals surface area contributed by atoms with Gasteiger partial charge >= 0.3 is 0 Å². The molecule has 0 aliphatic heterocycles. The minimum atomic E-state index is 0.166. The largest absolute Gasteiger partial charge is 0.485 e. The third-order valence-corrected chi connectivity index (χ3v) is 2.74. The predicted molar refractivity (Wildman–Crippen MR) is 75.0 cm³/mol. The van der Waals surface area contributed by atoms with Crippen LogP contribution in [0, 0.1) is 0 Å². The van der Waals surface area contributed by atoms with E-state index in [1.54, 1.807) is 0 Å². The summed E-state index contributed by atoms with van der Waals surface area (Å²) in [5.41, 5.74) is 13.3. The Morgan fingerprint density at radius 2 is 1.78 bits per heavy atom. The number of nitrogen functional groups attached to an aromatic ring is 2. The van der Waals surface area contributed by atoms with Gasteiger partial charge in [0.05, 0.1) is 7.11 Å². The normalized spacial score (nSPS) is 10.1. The minimum absolute atomic E-state index is 0.166. The summed E-state index contributed by atoms with van der Waals surface area (Å²) in [5.74, 6) is 0.431. The monoisotopic (exact) mass is 260 g/mol. The van der Waals surface area contributed by atoms with E-state index in [0.29, 0.717) is 11.4 Å². The number of methoxy groups -OCH3 is 1. The first kappa shape index (κ1) is 12.3. The Balaban J connectivity index is 2.59. The summed E-state index contributed by atoms with van der Waals surface area (Å²) in [4.78, 5) is 8.38. The summed E-state index contributed by atoms with van der Waals surface area (Å²) in [6.07, 6.45) is 0. The number of anilines is 2. The van der Waals surface area contributed by atoms with Gasteiger partial charge in [0, 0.05) is 5.56 Å². The third-order valence-electron chi connectivity index (χ3n) is 2.38. The summed E-state index contributed by atoms with van der Waals surface area (Å²) >= 11 is 5.02. The highest BCUT2D eigenvalue weighted by molar-refractivity contribution is 7.80. The van der Waals surface area contributed by atoms with Crippen molar-refractivity contribution >= 4 is 28.9 Å². The molecular formula is C12H12N4OS. The van der Waals surface area contributed by atoms with Crippen LogP contribution >= 0.6 is 12.2 Å². The molecule has 0 spiro atoms. The van der Waals surface area contributed by atoms with Crippen molar-refractivity contribution in [1.82, 2.24) is 9.97 Å². The summed E-state index contributed by atoms with van der Waals surface area (Å²) < 4.78 is 4.96. The molecule has 92 valence electrons. The standard InChI is InChI=1S/C12H12N4OS/c1-17-12(18)9-11(14)16-10(13)8(15-9)7-5-3-2-4-6-7/h2-6H,1H3,(H4,13,14,16). The predicted octanol–water partition coefficient (Wildman–Crippen LogP) is 1.63. The summed E-state index contributed by atoms with van der Waals surface area (Å²) in [7, 11) is 1.46. The topological polar surface area (TPSA) is 87.0 Å². The van der Waals surface area contributed by atoms with Gasteiger partial charge in [-0.3, -0.25) is 0 Å². The molecule has 1 aromatic carbocycles. The summed E-state index contributed by atoms with van der Waals surface area (Å²) in [5, 5.41) is 0.192. The Morgan fingerprint density at radius 3 is 2.39 bits per heavy atom. The summed E-state index contributed by atoms with van der Waals surface area (Å²) in [6.45, 7) is 0. The molecule has 5 nitrogen and oxygen atoms in total. The molecule has 0 amide bonds. The number of ether oxygens (including phenoxy) is 1. The van der Waals surface area contributed by atoms with Crippen LogP contribution < -0.4 is 11.5 Å². The maximum Gasteiger partial charge on any atom is 0.213 e. The number of nitrogens with zero attached hydrogens (tertiary/aromatic N) is 2. The van der Waals surface area contributed by atoms with Crippen LogP contribution in [0.25, 0.3) is 11.3 Å². The number of benzene rings is 1. The van der Waals surface area contributed by atoms with Crippen LogP contribution in [0.5, 0.6) is 0 Å². The van der Waals surface area contributed by atoms with Crippen molar-refractivity contribution in [2.75, 3.05) is 18.6 Å². The Labute approximate surface area is 110 Å². The van der Waals surface area contributed by atoms with E-state index in [2.05, 4.69) is 9.97 Å². The highest BCUT2D eigenvalue weighted by Gasteiger charge is 2.14. The molecule has 2 aromatic rings. The number of hydrogen-bond donors (Lipinski definition) is 2. The van der Waals surface area contributed by atoms with E-state index in [9.17, 15) is 0 Å². The van der Waals surface area contributed by atoms with Gasteiger partial charge in [-0.1, -0.05) is 30.3 Å². The van der Waals surface area contributed by atoms with Crippen molar-refractivity contribution in [3.05, 3.63) is 36.0 Å². The number of nitrogens with two attached hydrogens (primary N) is 2. The van der Waals surface area contributed by atoms with Gasteiger partial charge in [0.15, 0.2) is 17.3 Å². The van der Waals surface area contributed by atoms with Crippen LogP contribution in [-0.2, 0) is 4.74 Å². The highest BCUT2D eigenvalue weighted by atomic mass is 32.1. The molecule has 6 heteroatoms. The SMILES string of the molecule is COC(=S)c1nc(-c2ccccc2)c(N)nc1N. The lowest BCUT2D eigenvalue weighted by Gasteiger charge is -2.09. The smallest absolute Gasteiger partial charge is 0.213 e.